The predicted molar refractivity (Wildman–Crippen MR) is 105 cm³/mol. The number of aromatic nitrogens is 2. The molecule has 2 amide bonds. The van der Waals surface area contributed by atoms with Gasteiger partial charge in [-0.3, -0.25) is 9.59 Å². The van der Waals surface area contributed by atoms with Crippen molar-refractivity contribution in [2.45, 2.75) is 25.3 Å². The van der Waals surface area contributed by atoms with Crippen molar-refractivity contribution in [1.29, 1.82) is 0 Å². The lowest BCUT2D eigenvalue weighted by Crippen LogP contribution is -2.33. The molecule has 1 fully saturated rings. The molecule has 27 heavy (non-hydrogen) atoms. The molecule has 0 bridgehead atoms. The Hall–Kier alpha value is -3.03. The number of primary amides is 1. The van der Waals surface area contributed by atoms with Crippen LogP contribution in [0.15, 0.2) is 30.6 Å². The van der Waals surface area contributed by atoms with Crippen molar-refractivity contribution in [3.05, 3.63) is 41.9 Å². The molecule has 8 nitrogen and oxygen atoms in total. The SMILES string of the molecule is CN(C)c1ccc(N[C@@H]2CCCN(C(=O)c3cc(C(N)=O)c[nH]3)CC2)cn1. The number of anilines is 2. The molecule has 0 spiro atoms. The van der Waals surface area contributed by atoms with Crippen LogP contribution in [0.1, 0.15) is 40.1 Å². The minimum Gasteiger partial charge on any atom is -0.381 e. The molecule has 0 unspecified atom stereocenters. The third-order valence-electron chi connectivity index (χ3n) is 4.79. The van der Waals surface area contributed by atoms with Crippen molar-refractivity contribution in [2.75, 3.05) is 37.4 Å². The molecule has 3 rings (SSSR count). The third kappa shape index (κ3) is 4.58. The highest BCUT2D eigenvalue weighted by Gasteiger charge is 2.23. The van der Waals surface area contributed by atoms with Crippen LogP contribution in [-0.2, 0) is 0 Å². The molecule has 1 saturated heterocycles. The number of nitrogens with one attached hydrogen (secondary N) is 2. The fourth-order valence-corrected chi connectivity index (χ4v) is 3.25. The number of nitrogens with zero attached hydrogens (tertiary/aromatic N) is 3. The van der Waals surface area contributed by atoms with E-state index >= 15 is 0 Å². The minimum absolute atomic E-state index is 0.0971. The minimum atomic E-state index is -0.542. The molecule has 2 aromatic heterocycles. The van der Waals surface area contributed by atoms with Crippen molar-refractivity contribution in [3.8, 4) is 0 Å². The van der Waals surface area contributed by atoms with Crippen LogP contribution in [0, 0.1) is 0 Å². The van der Waals surface area contributed by atoms with E-state index in [1.165, 1.54) is 12.3 Å². The first-order chi connectivity index (χ1) is 12.9. The van der Waals surface area contributed by atoms with Gasteiger partial charge >= 0.3 is 0 Å². The van der Waals surface area contributed by atoms with E-state index < -0.39 is 5.91 Å². The first kappa shape index (κ1) is 18.8. The second kappa shape index (κ2) is 8.11. The van der Waals surface area contributed by atoms with Gasteiger partial charge in [0.05, 0.1) is 17.4 Å². The molecule has 0 aliphatic carbocycles. The van der Waals surface area contributed by atoms with E-state index in [1.807, 2.05) is 42.2 Å². The summed E-state index contributed by atoms with van der Waals surface area (Å²) in [4.78, 5) is 34.9. The van der Waals surface area contributed by atoms with Gasteiger partial charge < -0.3 is 25.8 Å². The summed E-state index contributed by atoms with van der Waals surface area (Å²) in [6, 6.07) is 5.82. The zero-order valence-corrected chi connectivity index (χ0v) is 15.7. The highest BCUT2D eigenvalue weighted by molar-refractivity contribution is 5.98. The first-order valence-electron chi connectivity index (χ1n) is 9.11. The number of hydrogen-bond acceptors (Lipinski definition) is 5. The van der Waals surface area contributed by atoms with Gasteiger partial charge in [-0.15, -0.1) is 0 Å². The smallest absolute Gasteiger partial charge is 0.270 e. The average Bonchev–Trinajstić information content (AvgIpc) is 3.03. The molecule has 0 aromatic carbocycles. The lowest BCUT2D eigenvalue weighted by atomic mass is 10.1. The molecule has 0 saturated carbocycles. The normalized spacial score (nSPS) is 17.3. The van der Waals surface area contributed by atoms with Gasteiger partial charge in [-0.05, 0) is 37.5 Å². The number of H-pyrrole nitrogens is 1. The van der Waals surface area contributed by atoms with Crippen LogP contribution in [0.2, 0.25) is 0 Å². The quantitative estimate of drug-likeness (QED) is 0.742. The van der Waals surface area contributed by atoms with E-state index in [9.17, 15) is 9.59 Å². The molecule has 1 aliphatic rings. The summed E-state index contributed by atoms with van der Waals surface area (Å²) in [6.07, 6.45) is 6.06. The van der Waals surface area contributed by atoms with Crippen LogP contribution >= 0.6 is 0 Å². The Morgan fingerprint density at radius 2 is 2.11 bits per heavy atom. The fraction of sp³-hybridized carbons (Fsp3) is 0.421. The van der Waals surface area contributed by atoms with Crippen molar-refractivity contribution in [1.82, 2.24) is 14.9 Å². The van der Waals surface area contributed by atoms with Gasteiger partial charge in [0.1, 0.15) is 11.5 Å². The maximum absolute atomic E-state index is 12.7. The molecule has 4 N–H and O–H groups in total. The summed E-state index contributed by atoms with van der Waals surface area (Å²) in [7, 11) is 3.92. The van der Waals surface area contributed by atoms with Crippen LogP contribution in [0.5, 0.6) is 0 Å². The van der Waals surface area contributed by atoms with Crippen LogP contribution < -0.4 is 16.0 Å². The Bertz CT molecular complexity index is 799. The van der Waals surface area contributed by atoms with Crippen molar-refractivity contribution in [2.24, 2.45) is 5.73 Å². The lowest BCUT2D eigenvalue weighted by Gasteiger charge is -2.21. The van der Waals surface area contributed by atoms with Gasteiger partial charge in [-0.1, -0.05) is 0 Å². The molecule has 0 radical (unpaired) electrons. The zero-order valence-electron chi connectivity index (χ0n) is 15.7. The van der Waals surface area contributed by atoms with E-state index in [0.29, 0.717) is 30.4 Å². The highest BCUT2D eigenvalue weighted by Crippen LogP contribution is 2.19. The van der Waals surface area contributed by atoms with Crippen LogP contribution in [-0.4, -0.2) is 59.9 Å². The topological polar surface area (TPSA) is 107 Å². The Balaban J connectivity index is 1.58. The van der Waals surface area contributed by atoms with Crippen LogP contribution in [0.4, 0.5) is 11.5 Å². The fourth-order valence-electron chi connectivity index (χ4n) is 3.25. The van der Waals surface area contributed by atoms with E-state index in [2.05, 4.69) is 15.3 Å². The van der Waals surface area contributed by atoms with E-state index in [0.717, 1.165) is 30.8 Å². The van der Waals surface area contributed by atoms with Crippen molar-refractivity contribution < 1.29 is 9.59 Å². The van der Waals surface area contributed by atoms with Gasteiger partial charge in [-0.2, -0.15) is 0 Å². The number of hydrogen-bond donors (Lipinski definition) is 3. The Morgan fingerprint density at radius 3 is 2.74 bits per heavy atom. The second-order valence-corrected chi connectivity index (χ2v) is 7.03. The largest absolute Gasteiger partial charge is 0.381 e. The van der Waals surface area contributed by atoms with Gasteiger partial charge in [0.15, 0.2) is 0 Å². The van der Waals surface area contributed by atoms with Crippen LogP contribution in [0.25, 0.3) is 0 Å². The maximum atomic E-state index is 12.7. The van der Waals surface area contributed by atoms with Gasteiger partial charge in [0.25, 0.3) is 5.91 Å². The lowest BCUT2D eigenvalue weighted by molar-refractivity contribution is 0.0756. The number of likely N-dealkylation sites (tertiary alicyclic amines) is 1. The standard InChI is InChI=1S/C19H26N6O2/c1-24(2)17-6-5-15(12-22-17)23-14-4-3-8-25(9-7-14)19(27)16-10-13(11-21-16)18(20)26/h5-6,10-12,14,21,23H,3-4,7-9H2,1-2H3,(H2,20,26)/t14-/m1/s1. The van der Waals surface area contributed by atoms with Gasteiger partial charge in [0, 0.05) is 39.4 Å². The number of nitrogens with two attached hydrogens (primary N) is 1. The first-order valence-corrected chi connectivity index (χ1v) is 9.11. The van der Waals surface area contributed by atoms with Crippen molar-refractivity contribution in [3.63, 3.8) is 0 Å². The Labute approximate surface area is 158 Å². The third-order valence-corrected chi connectivity index (χ3v) is 4.79. The predicted octanol–water partition coefficient (Wildman–Crippen LogP) is 1.68. The second-order valence-electron chi connectivity index (χ2n) is 7.03. The number of carbonyl (C=O) groups is 2. The molecule has 3 heterocycles. The van der Waals surface area contributed by atoms with E-state index in [-0.39, 0.29) is 5.91 Å². The van der Waals surface area contributed by atoms with Gasteiger partial charge in [0.2, 0.25) is 5.91 Å². The van der Waals surface area contributed by atoms with Crippen LogP contribution in [0.3, 0.4) is 0 Å². The summed E-state index contributed by atoms with van der Waals surface area (Å²) in [5, 5.41) is 3.52. The van der Waals surface area contributed by atoms with Gasteiger partial charge in [-0.25, -0.2) is 4.98 Å². The summed E-state index contributed by atoms with van der Waals surface area (Å²) in [6.45, 7) is 1.35. The number of rotatable bonds is 5. The van der Waals surface area contributed by atoms with Crippen molar-refractivity contribution >= 4 is 23.3 Å². The molecule has 8 heteroatoms. The number of pyridine rings is 1. The summed E-state index contributed by atoms with van der Waals surface area (Å²) in [5.41, 5.74) is 6.96. The number of aromatic amines is 1. The summed E-state index contributed by atoms with van der Waals surface area (Å²) >= 11 is 0. The molecule has 2 aromatic rings. The maximum Gasteiger partial charge on any atom is 0.270 e. The average molecular weight is 370 g/mol. The molecule has 1 aliphatic heterocycles. The molecular weight excluding hydrogens is 344 g/mol. The molecular formula is C19H26N6O2. The highest BCUT2D eigenvalue weighted by atomic mass is 16.2. The summed E-state index contributed by atoms with van der Waals surface area (Å²) in [5.74, 6) is 0.277. The zero-order chi connectivity index (χ0) is 19.4. The number of carbonyl (C=O) groups excluding carboxylic acids is 2. The Kier molecular flexibility index (Phi) is 5.63. The molecule has 144 valence electrons. The van der Waals surface area contributed by atoms with E-state index in [1.54, 1.807) is 0 Å². The monoisotopic (exact) mass is 370 g/mol. The Morgan fingerprint density at radius 1 is 1.30 bits per heavy atom. The molecule has 1 atom stereocenters. The van der Waals surface area contributed by atoms with E-state index in [4.69, 9.17) is 5.73 Å². The summed E-state index contributed by atoms with van der Waals surface area (Å²) < 4.78 is 0. The number of amides is 2.